The maximum Gasteiger partial charge on any atom is 0.451 e. The Morgan fingerprint density at radius 1 is 1.08 bits per heavy atom. The summed E-state index contributed by atoms with van der Waals surface area (Å²) in [5.41, 5.74) is 0.959. The van der Waals surface area contributed by atoms with Gasteiger partial charge < -0.3 is 5.32 Å². The fourth-order valence-corrected chi connectivity index (χ4v) is 5.28. The molecule has 1 N–H and O–H groups in total. The number of nitrogens with one attached hydrogen (secondary N) is 1. The van der Waals surface area contributed by atoms with Gasteiger partial charge in [0.2, 0.25) is 21.8 Å². The highest BCUT2D eigenvalue weighted by molar-refractivity contribution is 7.89. The zero-order chi connectivity index (χ0) is 26.1. The van der Waals surface area contributed by atoms with E-state index in [1.807, 2.05) is 0 Å². The van der Waals surface area contributed by atoms with Crippen LogP contribution in [0.2, 0.25) is 0 Å². The maximum absolute atomic E-state index is 14.2. The van der Waals surface area contributed by atoms with Crippen LogP contribution in [0.1, 0.15) is 17.8 Å². The van der Waals surface area contributed by atoms with E-state index in [4.69, 9.17) is 0 Å². The first-order valence-electron chi connectivity index (χ1n) is 10.5. The van der Waals surface area contributed by atoms with Gasteiger partial charge in [-0.25, -0.2) is 27.2 Å². The third-order valence-corrected chi connectivity index (χ3v) is 7.31. The van der Waals surface area contributed by atoms with Crippen LogP contribution in [-0.4, -0.2) is 52.3 Å². The second-order valence-corrected chi connectivity index (χ2v) is 9.83. The average Bonchev–Trinajstić information content (AvgIpc) is 3.25. The van der Waals surface area contributed by atoms with Crippen molar-refractivity contribution in [3.05, 3.63) is 72.2 Å². The van der Waals surface area contributed by atoms with Gasteiger partial charge in [0.15, 0.2) is 0 Å². The second-order valence-electron chi connectivity index (χ2n) is 7.94. The minimum absolute atomic E-state index is 0.0896. The molecular formula is C22H18F5N5O3S. The lowest BCUT2D eigenvalue weighted by Gasteiger charge is -2.23. The number of hydrogen-bond donors (Lipinski definition) is 1. The molecule has 0 aliphatic carbocycles. The number of sulfonamides is 1. The Kier molecular flexibility index (Phi) is 7.00. The smallest absolute Gasteiger partial charge is 0.351 e. The SMILES string of the molecule is O=C(NCc1ccnc(-c2cnc(C(F)(F)F)nc2)c1)[C@@H]1C[C@@H](F)CN1S(=O)(=O)c1ccc(F)cc1. The Balaban J connectivity index is 1.46. The highest BCUT2D eigenvalue weighted by Gasteiger charge is 2.44. The van der Waals surface area contributed by atoms with Crippen molar-refractivity contribution in [1.82, 2.24) is 24.6 Å². The summed E-state index contributed by atoms with van der Waals surface area (Å²) in [5.74, 6) is -2.68. The van der Waals surface area contributed by atoms with Gasteiger partial charge in [-0.3, -0.25) is 9.78 Å². The van der Waals surface area contributed by atoms with E-state index in [1.54, 1.807) is 0 Å². The molecule has 3 heterocycles. The summed E-state index contributed by atoms with van der Waals surface area (Å²) >= 11 is 0. The molecule has 36 heavy (non-hydrogen) atoms. The number of pyridine rings is 1. The molecule has 4 rings (SSSR count). The van der Waals surface area contributed by atoms with Crippen molar-refractivity contribution in [2.45, 2.75) is 36.3 Å². The van der Waals surface area contributed by atoms with Crippen molar-refractivity contribution >= 4 is 15.9 Å². The third-order valence-electron chi connectivity index (χ3n) is 5.42. The normalized spacial score (nSPS) is 18.8. The Morgan fingerprint density at radius 2 is 1.75 bits per heavy atom. The molecule has 0 spiro atoms. The summed E-state index contributed by atoms with van der Waals surface area (Å²) in [4.78, 5) is 23.2. The highest BCUT2D eigenvalue weighted by atomic mass is 32.2. The number of nitrogens with zero attached hydrogens (tertiary/aromatic N) is 4. The van der Waals surface area contributed by atoms with Crippen LogP contribution in [0.3, 0.4) is 0 Å². The molecule has 1 aliphatic heterocycles. The Morgan fingerprint density at radius 3 is 2.39 bits per heavy atom. The van der Waals surface area contributed by atoms with Gasteiger partial charge in [0.25, 0.3) is 0 Å². The Labute approximate surface area is 202 Å². The number of benzene rings is 1. The zero-order valence-electron chi connectivity index (χ0n) is 18.3. The standard InChI is InChI=1S/C22H18F5N5O3S/c23-15-1-3-17(4-2-15)36(34,35)32-12-16(24)8-19(32)20(33)29-9-13-5-6-28-18(7-13)14-10-30-21(31-11-14)22(25,26)27/h1-7,10-11,16,19H,8-9,12H2,(H,29,33)/t16-,19+/m1/s1. The summed E-state index contributed by atoms with van der Waals surface area (Å²) in [5, 5.41) is 2.55. The first kappa shape index (κ1) is 25.6. The number of amides is 1. The number of alkyl halides is 4. The molecule has 0 saturated carbocycles. The van der Waals surface area contributed by atoms with Gasteiger partial charge in [-0.05, 0) is 42.0 Å². The van der Waals surface area contributed by atoms with Gasteiger partial charge in [0.1, 0.15) is 18.0 Å². The number of hydrogen-bond acceptors (Lipinski definition) is 6. The monoisotopic (exact) mass is 527 g/mol. The lowest BCUT2D eigenvalue weighted by molar-refractivity contribution is -0.145. The lowest BCUT2D eigenvalue weighted by atomic mass is 10.1. The quantitative estimate of drug-likeness (QED) is 0.494. The summed E-state index contributed by atoms with van der Waals surface area (Å²) < 4.78 is 92.0. The van der Waals surface area contributed by atoms with Gasteiger partial charge >= 0.3 is 6.18 Å². The minimum Gasteiger partial charge on any atom is -0.351 e. The summed E-state index contributed by atoms with van der Waals surface area (Å²) in [6.45, 7) is -0.612. The molecule has 3 aromatic rings. The van der Waals surface area contributed by atoms with Crippen LogP contribution in [-0.2, 0) is 27.5 Å². The molecular weight excluding hydrogens is 509 g/mol. The molecule has 2 aromatic heterocycles. The van der Waals surface area contributed by atoms with Gasteiger partial charge in [-0.1, -0.05) is 0 Å². The third kappa shape index (κ3) is 5.49. The van der Waals surface area contributed by atoms with E-state index >= 15 is 0 Å². The number of carbonyl (C=O) groups is 1. The lowest BCUT2D eigenvalue weighted by Crippen LogP contribution is -2.45. The van der Waals surface area contributed by atoms with E-state index in [9.17, 15) is 35.2 Å². The predicted octanol–water partition coefficient (Wildman–Crippen LogP) is 3.11. The maximum atomic E-state index is 14.2. The van der Waals surface area contributed by atoms with Crippen molar-refractivity contribution in [1.29, 1.82) is 0 Å². The predicted molar refractivity (Wildman–Crippen MR) is 116 cm³/mol. The number of halogens is 5. The first-order chi connectivity index (χ1) is 16.9. The first-order valence-corrected chi connectivity index (χ1v) is 11.9. The van der Waals surface area contributed by atoms with Crippen LogP contribution in [0.5, 0.6) is 0 Å². The molecule has 14 heteroatoms. The molecule has 2 atom stereocenters. The minimum atomic E-state index is -4.69. The van der Waals surface area contributed by atoms with E-state index < -0.39 is 52.5 Å². The number of carbonyl (C=O) groups excluding carboxylic acids is 1. The van der Waals surface area contributed by atoms with Crippen molar-refractivity contribution in [3.8, 4) is 11.3 Å². The largest absolute Gasteiger partial charge is 0.451 e. The van der Waals surface area contributed by atoms with E-state index in [0.29, 0.717) is 5.56 Å². The zero-order valence-corrected chi connectivity index (χ0v) is 19.1. The van der Waals surface area contributed by atoms with Crippen molar-refractivity contribution in [2.75, 3.05) is 6.54 Å². The average molecular weight is 527 g/mol. The van der Waals surface area contributed by atoms with Crippen LogP contribution in [0.15, 0.2) is 59.9 Å². The molecule has 1 aromatic carbocycles. The van der Waals surface area contributed by atoms with Gasteiger partial charge in [-0.15, -0.1) is 0 Å². The molecule has 1 amide bonds. The molecule has 0 unspecified atom stereocenters. The Bertz CT molecular complexity index is 1350. The van der Waals surface area contributed by atoms with E-state index in [2.05, 4.69) is 20.3 Å². The van der Waals surface area contributed by atoms with E-state index in [1.165, 1.54) is 18.3 Å². The summed E-state index contributed by atoms with van der Waals surface area (Å²) in [7, 11) is -4.26. The van der Waals surface area contributed by atoms with Crippen LogP contribution in [0, 0.1) is 5.82 Å². The van der Waals surface area contributed by atoms with Crippen LogP contribution >= 0.6 is 0 Å². The molecule has 1 aliphatic rings. The van der Waals surface area contributed by atoms with Gasteiger partial charge in [-0.2, -0.15) is 17.5 Å². The van der Waals surface area contributed by atoms with Crippen LogP contribution < -0.4 is 5.32 Å². The van der Waals surface area contributed by atoms with E-state index in [0.717, 1.165) is 41.0 Å². The molecule has 0 bridgehead atoms. The topological polar surface area (TPSA) is 105 Å². The fourth-order valence-electron chi connectivity index (χ4n) is 3.66. The molecule has 8 nitrogen and oxygen atoms in total. The molecule has 0 radical (unpaired) electrons. The van der Waals surface area contributed by atoms with E-state index in [-0.39, 0.29) is 29.1 Å². The molecule has 190 valence electrons. The van der Waals surface area contributed by atoms with Crippen molar-refractivity contribution < 1.29 is 35.2 Å². The van der Waals surface area contributed by atoms with Crippen LogP contribution in [0.25, 0.3) is 11.3 Å². The van der Waals surface area contributed by atoms with Crippen molar-refractivity contribution in [2.24, 2.45) is 0 Å². The molecule has 1 fully saturated rings. The fraction of sp³-hybridized carbons (Fsp3) is 0.273. The van der Waals surface area contributed by atoms with Crippen LogP contribution in [0.4, 0.5) is 22.0 Å². The summed E-state index contributed by atoms with van der Waals surface area (Å²) in [6, 6.07) is 5.69. The van der Waals surface area contributed by atoms with Gasteiger partial charge in [0, 0.05) is 43.7 Å². The number of aromatic nitrogens is 3. The summed E-state index contributed by atoms with van der Waals surface area (Å²) in [6.07, 6.45) is -3.29. The second kappa shape index (κ2) is 9.85. The Hall–Kier alpha value is -3.52. The van der Waals surface area contributed by atoms with Crippen molar-refractivity contribution in [3.63, 3.8) is 0 Å². The van der Waals surface area contributed by atoms with Gasteiger partial charge in [0.05, 0.1) is 10.6 Å². The molecule has 1 saturated heterocycles. The highest BCUT2D eigenvalue weighted by Crippen LogP contribution is 2.29. The number of rotatable bonds is 6.